The summed E-state index contributed by atoms with van der Waals surface area (Å²) in [5, 5.41) is 8.52. The molecule has 0 atom stereocenters. The fourth-order valence-corrected chi connectivity index (χ4v) is 1.83. The maximum absolute atomic E-state index is 12.7. The molecule has 0 saturated carbocycles. The van der Waals surface area contributed by atoms with E-state index in [1.807, 2.05) is 0 Å². The molecule has 0 amide bonds. The topological polar surface area (TPSA) is 59.4 Å². The summed E-state index contributed by atoms with van der Waals surface area (Å²) in [6.07, 6.45) is -9.09. The van der Waals surface area contributed by atoms with Gasteiger partial charge in [0.25, 0.3) is 6.43 Å². The van der Waals surface area contributed by atoms with Crippen LogP contribution in [-0.2, 0) is 11.2 Å². The first-order valence-corrected chi connectivity index (χ1v) is 5.34. The molecule has 19 heavy (non-hydrogen) atoms. The smallest absolute Gasteiger partial charge is 0.481 e. The Morgan fingerprint density at radius 1 is 1.47 bits per heavy atom. The van der Waals surface area contributed by atoms with Crippen LogP contribution in [0.2, 0.25) is 0 Å². The summed E-state index contributed by atoms with van der Waals surface area (Å²) in [7, 11) is 0. The molecule has 0 radical (unpaired) electrons. The first-order chi connectivity index (χ1) is 8.60. The third-order valence-corrected chi connectivity index (χ3v) is 2.48. The highest BCUT2D eigenvalue weighted by molar-refractivity contribution is 9.10. The van der Waals surface area contributed by atoms with Crippen LogP contribution >= 0.6 is 15.9 Å². The molecular weight excluding hydrogens is 345 g/mol. The van der Waals surface area contributed by atoms with Crippen molar-refractivity contribution in [2.75, 3.05) is 0 Å². The first-order valence-electron chi connectivity index (χ1n) is 4.55. The van der Waals surface area contributed by atoms with Crippen molar-refractivity contribution in [2.45, 2.75) is 19.2 Å². The van der Waals surface area contributed by atoms with Gasteiger partial charge in [-0.25, -0.2) is 13.8 Å². The second-order valence-corrected chi connectivity index (χ2v) is 4.08. The molecule has 10 heteroatoms. The van der Waals surface area contributed by atoms with E-state index >= 15 is 0 Å². The molecule has 1 heterocycles. The Morgan fingerprint density at radius 3 is 2.47 bits per heavy atom. The van der Waals surface area contributed by atoms with Gasteiger partial charge in [0.2, 0.25) is 5.88 Å². The Kier molecular flexibility index (Phi) is 4.66. The summed E-state index contributed by atoms with van der Waals surface area (Å²) in [4.78, 5) is 13.6. The lowest BCUT2D eigenvalue weighted by Crippen LogP contribution is -2.19. The second-order valence-electron chi connectivity index (χ2n) is 3.22. The third kappa shape index (κ3) is 4.62. The lowest BCUT2D eigenvalue weighted by Gasteiger charge is -2.13. The van der Waals surface area contributed by atoms with E-state index in [1.54, 1.807) is 0 Å². The highest BCUT2D eigenvalue weighted by Crippen LogP contribution is 2.34. The average molecular weight is 350 g/mol. The summed E-state index contributed by atoms with van der Waals surface area (Å²) >= 11 is 2.64. The predicted molar refractivity (Wildman–Crippen MR) is 54.9 cm³/mol. The van der Waals surface area contributed by atoms with Crippen molar-refractivity contribution in [3.05, 3.63) is 21.8 Å². The van der Waals surface area contributed by atoms with Gasteiger partial charge in [-0.15, -0.1) is 13.2 Å². The minimum Gasteiger partial charge on any atom is -0.481 e. The number of aliphatic carboxylic acids is 1. The molecule has 0 fully saturated rings. The summed E-state index contributed by atoms with van der Waals surface area (Å²) < 4.78 is 64.4. The van der Waals surface area contributed by atoms with Gasteiger partial charge in [0, 0.05) is 10.5 Å². The Morgan fingerprint density at radius 2 is 2.05 bits per heavy atom. The number of aromatic nitrogens is 1. The van der Waals surface area contributed by atoms with E-state index in [0.717, 1.165) is 0 Å². The lowest BCUT2D eigenvalue weighted by atomic mass is 10.1. The molecular formula is C9H5BrF5NO3. The molecule has 1 rings (SSSR count). The van der Waals surface area contributed by atoms with E-state index < -0.39 is 46.8 Å². The Bertz CT molecular complexity index is 491. The van der Waals surface area contributed by atoms with Gasteiger partial charge < -0.3 is 9.84 Å². The zero-order chi connectivity index (χ0) is 14.8. The van der Waals surface area contributed by atoms with Crippen molar-refractivity contribution >= 4 is 21.9 Å². The quantitative estimate of drug-likeness (QED) is 0.847. The van der Waals surface area contributed by atoms with Gasteiger partial charge in [0.1, 0.15) is 0 Å². The van der Waals surface area contributed by atoms with Crippen LogP contribution in [0.5, 0.6) is 5.88 Å². The molecule has 1 N–H and O–H groups in total. The molecule has 0 bridgehead atoms. The number of nitrogens with zero attached hydrogens (tertiary/aromatic N) is 1. The highest BCUT2D eigenvalue weighted by atomic mass is 79.9. The number of hydrogen-bond donors (Lipinski definition) is 1. The van der Waals surface area contributed by atoms with Gasteiger partial charge in [-0.1, -0.05) is 15.9 Å². The van der Waals surface area contributed by atoms with E-state index in [-0.39, 0.29) is 0 Å². The Hall–Kier alpha value is -1.45. The number of halogens is 6. The monoisotopic (exact) mass is 349 g/mol. The van der Waals surface area contributed by atoms with Gasteiger partial charge >= 0.3 is 12.3 Å². The average Bonchev–Trinajstić information content (AvgIpc) is 2.10. The Labute approximate surface area is 111 Å². The standard InChI is InChI=1S/C9H5BrF5NO3/c10-3-1-5(19-9(13,14)15)16-4(2-6(17)18)7(3)8(11)12/h1,8H,2H2,(H,17,18). The van der Waals surface area contributed by atoms with Crippen LogP contribution in [0.1, 0.15) is 17.7 Å². The van der Waals surface area contributed by atoms with Crippen molar-refractivity contribution < 1.29 is 36.6 Å². The molecule has 0 aromatic carbocycles. The van der Waals surface area contributed by atoms with Crippen molar-refractivity contribution in [1.29, 1.82) is 0 Å². The Balaban J connectivity index is 3.26. The van der Waals surface area contributed by atoms with Gasteiger partial charge in [-0.3, -0.25) is 4.79 Å². The van der Waals surface area contributed by atoms with Crippen molar-refractivity contribution in [2.24, 2.45) is 0 Å². The number of carbonyl (C=O) groups is 1. The number of hydrogen-bond acceptors (Lipinski definition) is 3. The van der Waals surface area contributed by atoms with Crippen molar-refractivity contribution in [3.8, 4) is 5.88 Å². The summed E-state index contributed by atoms with van der Waals surface area (Å²) in [5.41, 5.74) is -1.48. The van der Waals surface area contributed by atoms with Crippen LogP contribution in [0.3, 0.4) is 0 Å². The molecule has 0 aliphatic carbocycles. The number of carboxylic acids is 1. The van der Waals surface area contributed by atoms with Crippen LogP contribution < -0.4 is 4.74 Å². The maximum Gasteiger partial charge on any atom is 0.574 e. The molecule has 1 aromatic rings. The van der Waals surface area contributed by atoms with Crippen LogP contribution in [0.25, 0.3) is 0 Å². The van der Waals surface area contributed by atoms with E-state index in [2.05, 4.69) is 25.7 Å². The van der Waals surface area contributed by atoms with E-state index in [1.165, 1.54) is 0 Å². The minimum absolute atomic E-state index is 0.409. The van der Waals surface area contributed by atoms with E-state index in [4.69, 9.17) is 5.11 Å². The molecule has 0 aliphatic rings. The molecule has 106 valence electrons. The largest absolute Gasteiger partial charge is 0.574 e. The van der Waals surface area contributed by atoms with Gasteiger partial charge in [-0.05, 0) is 0 Å². The lowest BCUT2D eigenvalue weighted by molar-refractivity contribution is -0.276. The van der Waals surface area contributed by atoms with Crippen molar-refractivity contribution in [1.82, 2.24) is 4.98 Å². The normalized spacial score (nSPS) is 11.7. The fourth-order valence-electron chi connectivity index (χ4n) is 1.23. The van der Waals surface area contributed by atoms with Crippen LogP contribution in [-0.4, -0.2) is 22.4 Å². The van der Waals surface area contributed by atoms with Crippen LogP contribution in [0.4, 0.5) is 22.0 Å². The van der Waals surface area contributed by atoms with E-state index in [9.17, 15) is 26.7 Å². The SMILES string of the molecule is O=C(O)Cc1nc(OC(F)(F)F)cc(Br)c1C(F)F. The van der Waals surface area contributed by atoms with Gasteiger partial charge in [0.15, 0.2) is 0 Å². The summed E-state index contributed by atoms with van der Waals surface area (Å²) in [6.45, 7) is 0. The molecule has 0 spiro atoms. The number of ether oxygens (including phenoxy) is 1. The van der Waals surface area contributed by atoms with E-state index in [0.29, 0.717) is 6.07 Å². The molecule has 0 aliphatic heterocycles. The van der Waals surface area contributed by atoms with Gasteiger partial charge in [-0.2, -0.15) is 0 Å². The second kappa shape index (κ2) is 5.68. The number of carboxylic acid groups (broad SMARTS) is 1. The molecule has 0 unspecified atom stereocenters. The third-order valence-electron chi connectivity index (χ3n) is 1.82. The molecule has 4 nitrogen and oxygen atoms in total. The number of rotatable bonds is 4. The highest BCUT2D eigenvalue weighted by Gasteiger charge is 2.33. The van der Waals surface area contributed by atoms with Gasteiger partial charge in [0.05, 0.1) is 17.7 Å². The summed E-state index contributed by atoms with van der Waals surface area (Å²) in [5.74, 6) is -2.52. The zero-order valence-corrected chi connectivity index (χ0v) is 10.4. The maximum atomic E-state index is 12.7. The molecule has 0 saturated heterocycles. The number of pyridine rings is 1. The zero-order valence-electron chi connectivity index (χ0n) is 8.84. The summed E-state index contributed by atoms with van der Waals surface area (Å²) in [6, 6.07) is 0.598. The van der Waals surface area contributed by atoms with Crippen LogP contribution in [0, 0.1) is 0 Å². The molecule has 1 aromatic heterocycles. The van der Waals surface area contributed by atoms with Crippen LogP contribution in [0.15, 0.2) is 10.5 Å². The fraction of sp³-hybridized carbons (Fsp3) is 0.333. The number of alkyl halides is 5. The minimum atomic E-state index is -5.06. The first kappa shape index (κ1) is 15.6. The van der Waals surface area contributed by atoms with Crippen molar-refractivity contribution in [3.63, 3.8) is 0 Å². The predicted octanol–water partition coefficient (Wildman–Crippen LogP) is 3.31.